The van der Waals surface area contributed by atoms with Gasteiger partial charge < -0.3 is 15.0 Å². The van der Waals surface area contributed by atoms with Crippen molar-refractivity contribution >= 4 is 34.7 Å². The molecule has 1 aliphatic heterocycles. The summed E-state index contributed by atoms with van der Waals surface area (Å²) >= 11 is 0.952. The summed E-state index contributed by atoms with van der Waals surface area (Å²) in [6.07, 6.45) is 4.77. The first-order chi connectivity index (χ1) is 14.7. The van der Waals surface area contributed by atoms with Crippen molar-refractivity contribution < 1.29 is 23.9 Å². The van der Waals surface area contributed by atoms with Crippen LogP contribution in [0.4, 0.5) is 0 Å². The minimum atomic E-state index is -0.792. The van der Waals surface area contributed by atoms with Gasteiger partial charge in [0.2, 0.25) is 11.8 Å². The molecule has 1 N–H and O–H groups in total. The Morgan fingerprint density at radius 3 is 2.48 bits per heavy atom. The lowest BCUT2D eigenvalue weighted by molar-refractivity contribution is -0.153. The van der Waals surface area contributed by atoms with E-state index in [1.807, 2.05) is 50.3 Å². The fraction of sp³-hybridized carbons (Fsp3) is 0.478. The number of carbonyl (C=O) groups is 4. The maximum atomic E-state index is 13.2. The molecule has 0 bridgehead atoms. The monoisotopic (exact) mass is 446 g/mol. The summed E-state index contributed by atoms with van der Waals surface area (Å²) in [6.45, 7) is 5.09. The predicted molar refractivity (Wildman–Crippen MR) is 120 cm³/mol. The number of hydrogen-bond acceptors (Lipinski definition) is 6. The van der Waals surface area contributed by atoms with E-state index >= 15 is 0 Å². The highest BCUT2D eigenvalue weighted by Crippen LogP contribution is 2.21. The minimum Gasteiger partial charge on any atom is -0.467 e. The number of rotatable bonds is 8. The van der Waals surface area contributed by atoms with Gasteiger partial charge in [0.1, 0.15) is 12.1 Å². The number of ether oxygens (including phenoxy) is 1. The molecule has 168 valence electrons. The molecular formula is C23H30N2O5S. The van der Waals surface area contributed by atoms with Gasteiger partial charge in [0.05, 0.1) is 12.4 Å². The molecule has 1 heterocycles. The number of benzene rings is 1. The molecule has 7 nitrogen and oxygen atoms in total. The number of nitrogens with one attached hydrogen (secondary N) is 1. The van der Waals surface area contributed by atoms with Crippen molar-refractivity contribution in [1.29, 1.82) is 0 Å². The van der Waals surface area contributed by atoms with E-state index in [0.717, 1.165) is 17.3 Å². The number of hydrogen-bond donors (Lipinski definition) is 1. The standard InChI is InChI=1S/C23H30N2O5S/c1-15(2)20(23(29)30-4)25-13-9-8-12-18(22(25)28)24-21(27)19(31-16(3)26)14-17-10-6-5-7-11-17/h5-7,9-11,13,15,18-20H,8,12,14H2,1-4H3,(H,24,27)/t18-,19-,20-/m0/s1. The van der Waals surface area contributed by atoms with E-state index < -0.39 is 23.3 Å². The molecule has 8 heteroatoms. The number of amides is 2. The van der Waals surface area contributed by atoms with Gasteiger partial charge in [0, 0.05) is 13.1 Å². The molecule has 0 radical (unpaired) electrons. The molecule has 1 aliphatic rings. The minimum absolute atomic E-state index is 0.169. The molecule has 0 aliphatic carbocycles. The van der Waals surface area contributed by atoms with Gasteiger partial charge in [0.15, 0.2) is 5.12 Å². The second kappa shape index (κ2) is 11.7. The predicted octanol–water partition coefficient (Wildman–Crippen LogP) is 2.70. The number of carbonyl (C=O) groups excluding carboxylic acids is 4. The molecular weight excluding hydrogens is 416 g/mol. The quantitative estimate of drug-likeness (QED) is 0.617. The van der Waals surface area contributed by atoms with Crippen molar-refractivity contribution in [2.24, 2.45) is 5.92 Å². The Kier molecular flexibility index (Phi) is 9.30. The molecule has 2 amide bonds. The average Bonchev–Trinajstić information content (AvgIpc) is 2.90. The Hall–Kier alpha value is -2.61. The van der Waals surface area contributed by atoms with Gasteiger partial charge in [-0.2, -0.15) is 0 Å². The summed E-state index contributed by atoms with van der Waals surface area (Å²) in [5.74, 6) is -1.41. The van der Waals surface area contributed by atoms with Gasteiger partial charge in [-0.15, -0.1) is 0 Å². The van der Waals surface area contributed by atoms with Crippen LogP contribution in [0.2, 0.25) is 0 Å². The van der Waals surface area contributed by atoms with Gasteiger partial charge in [0.25, 0.3) is 0 Å². The van der Waals surface area contributed by atoms with Crippen LogP contribution in [0.15, 0.2) is 42.6 Å². The SMILES string of the molecule is COC(=O)[C@H](C(C)C)N1C=CCC[C@H](NC(=O)[C@H](Cc2ccccc2)SC(C)=O)C1=O. The maximum Gasteiger partial charge on any atom is 0.329 e. The van der Waals surface area contributed by atoms with Crippen LogP contribution < -0.4 is 5.32 Å². The van der Waals surface area contributed by atoms with E-state index in [2.05, 4.69) is 5.32 Å². The van der Waals surface area contributed by atoms with E-state index in [-0.39, 0.29) is 22.8 Å². The van der Waals surface area contributed by atoms with E-state index in [1.54, 1.807) is 6.20 Å². The third-order valence-corrected chi connectivity index (χ3v) is 5.99. The van der Waals surface area contributed by atoms with E-state index in [1.165, 1.54) is 18.9 Å². The van der Waals surface area contributed by atoms with E-state index in [0.29, 0.717) is 19.3 Å². The Morgan fingerprint density at radius 2 is 1.90 bits per heavy atom. The summed E-state index contributed by atoms with van der Waals surface area (Å²) in [4.78, 5) is 51.7. The maximum absolute atomic E-state index is 13.2. The normalized spacial score (nSPS) is 18.3. The lowest BCUT2D eigenvalue weighted by Gasteiger charge is -2.31. The molecule has 0 unspecified atom stereocenters. The van der Waals surface area contributed by atoms with E-state index in [9.17, 15) is 19.2 Å². The average molecular weight is 447 g/mol. The molecule has 0 aromatic heterocycles. The summed E-state index contributed by atoms with van der Waals surface area (Å²) in [6, 6.07) is 7.85. The molecule has 0 fully saturated rings. The first-order valence-electron chi connectivity index (χ1n) is 10.3. The molecule has 1 aromatic rings. The van der Waals surface area contributed by atoms with Crippen molar-refractivity contribution in [2.45, 2.75) is 57.4 Å². The van der Waals surface area contributed by atoms with Crippen molar-refractivity contribution in [2.75, 3.05) is 7.11 Å². The third-order valence-electron chi connectivity index (χ3n) is 5.00. The summed E-state index contributed by atoms with van der Waals surface area (Å²) in [5.41, 5.74) is 0.928. The Morgan fingerprint density at radius 1 is 1.23 bits per heavy atom. The first kappa shape index (κ1) is 24.7. The fourth-order valence-electron chi connectivity index (χ4n) is 3.50. The van der Waals surface area contributed by atoms with Crippen LogP contribution in [0.5, 0.6) is 0 Å². The molecule has 0 spiro atoms. The number of nitrogens with zero attached hydrogens (tertiary/aromatic N) is 1. The number of thioether (sulfide) groups is 1. The van der Waals surface area contributed by atoms with Gasteiger partial charge in [-0.3, -0.25) is 14.4 Å². The van der Waals surface area contributed by atoms with Crippen LogP contribution in [0.3, 0.4) is 0 Å². The van der Waals surface area contributed by atoms with Crippen molar-refractivity contribution in [3.05, 3.63) is 48.2 Å². The van der Waals surface area contributed by atoms with Gasteiger partial charge >= 0.3 is 5.97 Å². The zero-order valence-electron chi connectivity index (χ0n) is 18.4. The summed E-state index contributed by atoms with van der Waals surface area (Å²) in [7, 11) is 1.29. The Bertz CT molecular complexity index is 825. The van der Waals surface area contributed by atoms with Crippen LogP contribution in [0, 0.1) is 5.92 Å². The molecule has 3 atom stereocenters. The Labute approximate surface area is 187 Å². The second-order valence-corrected chi connectivity index (χ2v) is 9.15. The fourth-order valence-corrected chi connectivity index (χ4v) is 4.35. The summed E-state index contributed by atoms with van der Waals surface area (Å²) < 4.78 is 4.89. The van der Waals surface area contributed by atoms with E-state index in [4.69, 9.17) is 4.74 Å². The zero-order valence-corrected chi connectivity index (χ0v) is 19.2. The Balaban J connectivity index is 2.19. The van der Waals surface area contributed by atoms with Crippen molar-refractivity contribution in [3.63, 3.8) is 0 Å². The third kappa shape index (κ3) is 6.95. The largest absolute Gasteiger partial charge is 0.467 e. The number of allylic oxidation sites excluding steroid dienone is 1. The number of esters is 1. The smallest absolute Gasteiger partial charge is 0.329 e. The van der Waals surface area contributed by atoms with Crippen molar-refractivity contribution in [1.82, 2.24) is 10.2 Å². The molecule has 31 heavy (non-hydrogen) atoms. The highest BCUT2D eigenvalue weighted by molar-refractivity contribution is 8.14. The van der Waals surface area contributed by atoms with Gasteiger partial charge in [-0.05, 0) is 30.7 Å². The topological polar surface area (TPSA) is 92.8 Å². The van der Waals surface area contributed by atoms with Crippen LogP contribution in [-0.2, 0) is 30.3 Å². The van der Waals surface area contributed by atoms with Crippen LogP contribution in [0.25, 0.3) is 0 Å². The molecule has 0 saturated carbocycles. The molecule has 1 aromatic carbocycles. The molecule has 0 saturated heterocycles. The highest BCUT2D eigenvalue weighted by Gasteiger charge is 2.37. The van der Waals surface area contributed by atoms with Crippen LogP contribution in [0.1, 0.15) is 39.2 Å². The molecule has 2 rings (SSSR count). The highest BCUT2D eigenvalue weighted by atomic mass is 32.2. The summed E-state index contributed by atoms with van der Waals surface area (Å²) in [5, 5.41) is 2.00. The zero-order chi connectivity index (χ0) is 23.0. The van der Waals surface area contributed by atoms with Crippen LogP contribution >= 0.6 is 11.8 Å². The first-order valence-corrected chi connectivity index (χ1v) is 11.2. The number of methoxy groups -OCH3 is 1. The second-order valence-electron chi connectivity index (χ2n) is 7.77. The lowest BCUT2D eigenvalue weighted by Crippen LogP contribution is -2.54. The lowest BCUT2D eigenvalue weighted by atomic mass is 10.0. The van der Waals surface area contributed by atoms with Gasteiger partial charge in [-0.25, -0.2) is 4.79 Å². The van der Waals surface area contributed by atoms with Gasteiger partial charge in [-0.1, -0.05) is 62.0 Å². The van der Waals surface area contributed by atoms with Crippen molar-refractivity contribution in [3.8, 4) is 0 Å². The van der Waals surface area contributed by atoms with Crippen LogP contribution in [-0.4, -0.2) is 52.2 Å².